The monoisotopic (exact) mass is 494 g/mol. The van der Waals surface area contributed by atoms with Crippen LogP contribution in [-0.2, 0) is 42.9 Å². The third-order valence-corrected chi connectivity index (χ3v) is 5.50. The summed E-state index contributed by atoms with van der Waals surface area (Å²) in [6.07, 6.45) is -6.27. The van der Waals surface area contributed by atoms with Crippen LogP contribution >= 0.6 is 12.2 Å². The number of rotatable bonds is 6. The van der Waals surface area contributed by atoms with Crippen LogP contribution in [0, 0.1) is 29.8 Å². The average molecular weight is 495 g/mol. The van der Waals surface area contributed by atoms with Crippen molar-refractivity contribution < 1.29 is 42.9 Å². The maximum atomic E-state index is 12.0. The molecule has 184 valence electrons. The highest BCUT2D eigenvalue weighted by Crippen LogP contribution is 2.36. The molecule has 0 spiro atoms. The van der Waals surface area contributed by atoms with Gasteiger partial charge in [-0.3, -0.25) is 19.2 Å². The highest BCUT2D eigenvalue weighted by atomic mass is 32.1. The Labute approximate surface area is 201 Å². The fraction of sp³-hybridized carbons (Fsp3) is 0.545. The lowest BCUT2D eigenvalue weighted by atomic mass is 9.96. The van der Waals surface area contributed by atoms with E-state index < -0.39 is 54.5 Å². The predicted octanol–water partition coefficient (Wildman–Crippen LogP) is 1.96. The number of aryl methyl sites for hydroxylation is 1. The van der Waals surface area contributed by atoms with E-state index in [-0.39, 0.29) is 16.8 Å². The van der Waals surface area contributed by atoms with Crippen LogP contribution in [-0.4, -0.2) is 59.5 Å². The zero-order chi connectivity index (χ0) is 25.7. The summed E-state index contributed by atoms with van der Waals surface area (Å²) in [7, 11) is 0. The molecule has 0 aliphatic carbocycles. The molecule has 5 atom stereocenters. The molecule has 1 aliphatic rings. The Morgan fingerprint density at radius 2 is 1.50 bits per heavy atom. The van der Waals surface area contributed by atoms with Crippen LogP contribution in [0.25, 0.3) is 0 Å². The summed E-state index contributed by atoms with van der Waals surface area (Å²) in [5, 5.41) is 9.54. The molecule has 1 fully saturated rings. The van der Waals surface area contributed by atoms with E-state index in [1.807, 2.05) is 6.07 Å². The van der Waals surface area contributed by atoms with Gasteiger partial charge in [-0.25, -0.2) is 0 Å². The molecule has 0 amide bonds. The number of aromatic nitrogens is 1. The Hall–Kier alpha value is -3.30. The van der Waals surface area contributed by atoms with Gasteiger partial charge in [-0.2, -0.15) is 5.26 Å². The topological polar surface area (TPSA) is 143 Å². The standard InChI is InChI=1S/C22H26N2O9S/c1-10-7-16(8-23)22(34)24(11(10)2)21-20(32-15(6)28)19(31-14(5)27)18(30-13(4)26)17(33-21)9-29-12(3)25/h7,17-21H,9H2,1-6H3/t17-,18-,19+,20-,21-/m1/s1. The minimum Gasteiger partial charge on any atom is -0.463 e. The zero-order valence-corrected chi connectivity index (χ0v) is 20.5. The predicted molar refractivity (Wildman–Crippen MR) is 117 cm³/mol. The molecule has 1 saturated heterocycles. The van der Waals surface area contributed by atoms with Gasteiger partial charge in [0.1, 0.15) is 23.4 Å². The smallest absolute Gasteiger partial charge is 0.303 e. The first kappa shape index (κ1) is 26.9. The molecule has 0 aromatic carbocycles. The van der Waals surface area contributed by atoms with Crippen molar-refractivity contribution in [2.75, 3.05) is 6.61 Å². The average Bonchev–Trinajstić information content (AvgIpc) is 2.72. The zero-order valence-electron chi connectivity index (χ0n) is 19.6. The molecular formula is C22H26N2O9S. The summed E-state index contributed by atoms with van der Waals surface area (Å²) in [5.74, 6) is -2.82. The first-order valence-electron chi connectivity index (χ1n) is 10.3. The highest BCUT2D eigenvalue weighted by Gasteiger charge is 2.53. The van der Waals surface area contributed by atoms with Gasteiger partial charge in [-0.1, -0.05) is 12.2 Å². The molecule has 0 radical (unpaired) electrons. The molecule has 11 nitrogen and oxygen atoms in total. The minimum absolute atomic E-state index is 0.0894. The number of hydrogen-bond acceptors (Lipinski definition) is 11. The van der Waals surface area contributed by atoms with E-state index in [2.05, 4.69) is 0 Å². The maximum absolute atomic E-state index is 12.0. The van der Waals surface area contributed by atoms with Crippen molar-refractivity contribution in [1.29, 1.82) is 5.26 Å². The molecular weight excluding hydrogens is 468 g/mol. The number of hydrogen-bond donors (Lipinski definition) is 0. The molecule has 12 heteroatoms. The van der Waals surface area contributed by atoms with Crippen LogP contribution in [0.2, 0.25) is 0 Å². The Kier molecular flexibility index (Phi) is 8.89. The van der Waals surface area contributed by atoms with Gasteiger partial charge in [0.15, 0.2) is 24.5 Å². The number of nitrogens with zero attached hydrogens (tertiary/aromatic N) is 2. The Balaban J connectivity index is 2.76. The fourth-order valence-corrected chi connectivity index (χ4v) is 4.00. The van der Waals surface area contributed by atoms with Crippen LogP contribution in [0.1, 0.15) is 50.7 Å². The summed E-state index contributed by atoms with van der Waals surface area (Å²) in [4.78, 5) is 47.3. The van der Waals surface area contributed by atoms with E-state index in [4.69, 9.17) is 35.9 Å². The van der Waals surface area contributed by atoms with Crippen LogP contribution in [0.3, 0.4) is 0 Å². The van der Waals surface area contributed by atoms with Crippen molar-refractivity contribution in [2.45, 2.75) is 72.2 Å². The molecule has 1 aromatic heterocycles. The number of ether oxygens (including phenoxy) is 5. The third-order valence-electron chi connectivity index (χ3n) is 5.08. The maximum Gasteiger partial charge on any atom is 0.303 e. The molecule has 0 N–H and O–H groups in total. The van der Waals surface area contributed by atoms with Crippen LogP contribution < -0.4 is 0 Å². The quantitative estimate of drug-likeness (QED) is 0.325. The summed E-state index contributed by atoms with van der Waals surface area (Å²) in [5.41, 5.74) is 1.45. The first-order valence-corrected chi connectivity index (χ1v) is 10.7. The molecule has 0 bridgehead atoms. The van der Waals surface area contributed by atoms with Crippen molar-refractivity contribution in [1.82, 2.24) is 4.57 Å². The van der Waals surface area contributed by atoms with Crippen molar-refractivity contribution in [3.63, 3.8) is 0 Å². The van der Waals surface area contributed by atoms with E-state index >= 15 is 0 Å². The Bertz CT molecular complexity index is 1090. The Morgan fingerprint density at radius 1 is 0.971 bits per heavy atom. The fourth-order valence-electron chi connectivity index (χ4n) is 3.65. The van der Waals surface area contributed by atoms with Crippen LogP contribution in [0.4, 0.5) is 0 Å². The summed E-state index contributed by atoms with van der Waals surface area (Å²) < 4.78 is 29.1. The van der Waals surface area contributed by atoms with E-state index in [0.717, 1.165) is 20.8 Å². The van der Waals surface area contributed by atoms with Gasteiger partial charge in [0, 0.05) is 33.4 Å². The normalized spacial score (nSPS) is 23.9. The minimum atomic E-state index is -1.34. The SMILES string of the molecule is CC(=O)OC[C@H]1O[C@@H](n2c(C)c(C)cc(C#N)c2=S)[C@H](OC(C)=O)[C@@H](OC(C)=O)[C@@H]1OC(C)=O. The van der Waals surface area contributed by atoms with Crippen molar-refractivity contribution in [3.05, 3.63) is 27.5 Å². The number of nitriles is 1. The summed E-state index contributed by atoms with van der Waals surface area (Å²) in [6, 6.07) is 3.63. The van der Waals surface area contributed by atoms with Crippen molar-refractivity contribution in [2.24, 2.45) is 0 Å². The molecule has 34 heavy (non-hydrogen) atoms. The number of carbonyl (C=O) groups excluding carboxylic acids is 4. The lowest BCUT2D eigenvalue weighted by Gasteiger charge is -2.45. The van der Waals surface area contributed by atoms with Gasteiger partial charge in [0.25, 0.3) is 0 Å². The molecule has 1 aromatic rings. The van der Waals surface area contributed by atoms with Gasteiger partial charge in [0.2, 0.25) is 0 Å². The largest absolute Gasteiger partial charge is 0.463 e. The Morgan fingerprint density at radius 3 is 2.00 bits per heavy atom. The second kappa shape index (κ2) is 11.2. The van der Waals surface area contributed by atoms with E-state index in [0.29, 0.717) is 11.3 Å². The van der Waals surface area contributed by atoms with Crippen LogP contribution in [0.5, 0.6) is 0 Å². The van der Waals surface area contributed by atoms with Crippen molar-refractivity contribution in [3.8, 4) is 6.07 Å². The van der Waals surface area contributed by atoms with Gasteiger partial charge in [0.05, 0.1) is 5.56 Å². The van der Waals surface area contributed by atoms with Gasteiger partial charge in [-0.05, 0) is 25.5 Å². The summed E-state index contributed by atoms with van der Waals surface area (Å²) >= 11 is 5.50. The number of carbonyl (C=O) groups is 4. The summed E-state index contributed by atoms with van der Waals surface area (Å²) in [6.45, 7) is 7.73. The molecule has 0 unspecified atom stereocenters. The van der Waals surface area contributed by atoms with Crippen molar-refractivity contribution >= 4 is 36.1 Å². The molecule has 2 heterocycles. The molecule has 0 saturated carbocycles. The second-order valence-corrected chi connectivity index (χ2v) is 8.09. The van der Waals surface area contributed by atoms with E-state index in [9.17, 15) is 24.4 Å². The number of pyridine rings is 1. The van der Waals surface area contributed by atoms with Gasteiger partial charge >= 0.3 is 23.9 Å². The first-order chi connectivity index (χ1) is 15.9. The second-order valence-electron chi connectivity index (χ2n) is 7.70. The lowest BCUT2D eigenvalue weighted by Crippen LogP contribution is -2.60. The molecule has 1 aliphatic heterocycles. The van der Waals surface area contributed by atoms with Gasteiger partial charge in [-0.15, -0.1) is 0 Å². The molecule has 2 rings (SSSR count). The van der Waals surface area contributed by atoms with E-state index in [1.165, 1.54) is 11.5 Å². The third kappa shape index (κ3) is 6.18. The van der Waals surface area contributed by atoms with E-state index in [1.54, 1.807) is 19.9 Å². The number of esters is 4. The van der Waals surface area contributed by atoms with Crippen LogP contribution in [0.15, 0.2) is 6.07 Å². The lowest BCUT2D eigenvalue weighted by molar-refractivity contribution is -0.269. The highest BCUT2D eigenvalue weighted by molar-refractivity contribution is 7.71. The van der Waals surface area contributed by atoms with Gasteiger partial charge < -0.3 is 28.3 Å².